The van der Waals surface area contributed by atoms with Gasteiger partial charge >= 0.3 is 0 Å². The predicted molar refractivity (Wildman–Crippen MR) is 147 cm³/mol. The first-order chi connectivity index (χ1) is 18.4. The monoisotopic (exact) mass is 507 g/mol. The van der Waals surface area contributed by atoms with Crippen molar-refractivity contribution in [1.82, 2.24) is 14.9 Å². The third-order valence-corrected chi connectivity index (χ3v) is 6.94. The van der Waals surface area contributed by atoms with E-state index in [-0.39, 0.29) is 11.6 Å². The van der Waals surface area contributed by atoms with Gasteiger partial charge in [-0.1, -0.05) is 54.6 Å². The number of benzene rings is 3. The molecule has 0 saturated carbocycles. The van der Waals surface area contributed by atoms with Crippen molar-refractivity contribution in [3.05, 3.63) is 117 Å². The molecular formula is C30H29N5O3. The molecule has 1 fully saturated rings. The minimum Gasteiger partial charge on any atom is -0.353 e. The lowest BCUT2D eigenvalue weighted by Crippen LogP contribution is -2.49. The summed E-state index contributed by atoms with van der Waals surface area (Å²) in [6.07, 6.45) is 0.576. The second-order valence-electron chi connectivity index (χ2n) is 9.48. The molecule has 192 valence electrons. The lowest BCUT2D eigenvalue weighted by Gasteiger charge is -2.36. The first-order valence-electron chi connectivity index (χ1n) is 12.7. The van der Waals surface area contributed by atoms with Crippen LogP contribution < -0.4 is 4.90 Å². The third kappa shape index (κ3) is 5.39. The Balaban J connectivity index is 1.28. The van der Waals surface area contributed by atoms with Gasteiger partial charge in [0.25, 0.3) is 11.6 Å². The van der Waals surface area contributed by atoms with Gasteiger partial charge in [0.1, 0.15) is 11.6 Å². The predicted octanol–water partition coefficient (Wildman–Crippen LogP) is 5.22. The maximum atomic E-state index is 13.2. The average Bonchev–Trinajstić information content (AvgIpc) is 2.95. The van der Waals surface area contributed by atoms with E-state index in [4.69, 9.17) is 4.98 Å². The number of aryl methyl sites for hydroxylation is 2. The lowest BCUT2D eigenvalue weighted by molar-refractivity contribution is -0.384. The molecule has 0 atom stereocenters. The number of carbonyl (C=O) groups excluding carboxylic acids is 1. The van der Waals surface area contributed by atoms with Gasteiger partial charge in [-0.15, -0.1) is 0 Å². The van der Waals surface area contributed by atoms with Crippen molar-refractivity contribution in [3.8, 4) is 11.1 Å². The molecule has 0 N–H and O–H groups in total. The Labute approximate surface area is 221 Å². The summed E-state index contributed by atoms with van der Waals surface area (Å²) in [6.45, 7) is 6.37. The van der Waals surface area contributed by atoms with Crippen LogP contribution in [0.2, 0.25) is 0 Å². The van der Waals surface area contributed by atoms with Crippen LogP contribution >= 0.6 is 0 Å². The third-order valence-electron chi connectivity index (χ3n) is 6.94. The highest BCUT2D eigenvalue weighted by Crippen LogP contribution is 2.26. The van der Waals surface area contributed by atoms with Gasteiger partial charge < -0.3 is 9.80 Å². The van der Waals surface area contributed by atoms with Crippen LogP contribution in [-0.4, -0.2) is 51.9 Å². The van der Waals surface area contributed by atoms with Crippen LogP contribution in [0.1, 0.15) is 33.0 Å². The summed E-state index contributed by atoms with van der Waals surface area (Å²) in [5.41, 5.74) is 5.82. The minimum atomic E-state index is -0.395. The van der Waals surface area contributed by atoms with E-state index in [2.05, 4.69) is 22.0 Å². The molecule has 0 spiro atoms. The second-order valence-corrected chi connectivity index (χ2v) is 9.48. The maximum absolute atomic E-state index is 13.2. The molecule has 0 bridgehead atoms. The Morgan fingerprint density at radius 1 is 0.842 bits per heavy atom. The van der Waals surface area contributed by atoms with Crippen molar-refractivity contribution in [1.29, 1.82) is 0 Å². The van der Waals surface area contributed by atoms with Crippen LogP contribution in [0, 0.1) is 24.0 Å². The molecule has 5 rings (SSSR count). The van der Waals surface area contributed by atoms with Crippen LogP contribution in [0.25, 0.3) is 11.1 Å². The molecule has 4 aromatic rings. The summed E-state index contributed by atoms with van der Waals surface area (Å²) < 4.78 is 0. The van der Waals surface area contributed by atoms with Crippen molar-refractivity contribution in [2.45, 2.75) is 20.3 Å². The molecule has 2 heterocycles. The summed E-state index contributed by atoms with van der Waals surface area (Å²) >= 11 is 0. The Morgan fingerprint density at radius 3 is 2.11 bits per heavy atom. The van der Waals surface area contributed by atoms with Gasteiger partial charge in [0.05, 0.1) is 4.92 Å². The zero-order chi connectivity index (χ0) is 26.6. The number of nitro groups is 1. The molecule has 1 aliphatic heterocycles. The van der Waals surface area contributed by atoms with Gasteiger partial charge in [0, 0.05) is 61.6 Å². The van der Waals surface area contributed by atoms with E-state index in [1.807, 2.05) is 61.2 Å². The number of carbonyl (C=O) groups is 1. The van der Waals surface area contributed by atoms with E-state index < -0.39 is 4.92 Å². The van der Waals surface area contributed by atoms with Crippen molar-refractivity contribution in [2.24, 2.45) is 0 Å². The van der Waals surface area contributed by atoms with E-state index in [0.717, 1.165) is 33.8 Å². The van der Waals surface area contributed by atoms with E-state index in [0.29, 0.717) is 44.0 Å². The number of rotatable bonds is 6. The Morgan fingerprint density at radius 2 is 1.47 bits per heavy atom. The second kappa shape index (κ2) is 10.8. The summed E-state index contributed by atoms with van der Waals surface area (Å²) in [7, 11) is 0. The molecule has 1 aromatic heterocycles. The summed E-state index contributed by atoms with van der Waals surface area (Å²) in [4.78, 5) is 37.3. The summed E-state index contributed by atoms with van der Waals surface area (Å²) in [5, 5.41) is 11.0. The van der Waals surface area contributed by atoms with Crippen LogP contribution in [0.3, 0.4) is 0 Å². The number of nitrogens with zero attached hydrogens (tertiary/aromatic N) is 5. The number of nitro benzene ring substituents is 1. The Bertz CT molecular complexity index is 1450. The molecule has 1 amide bonds. The van der Waals surface area contributed by atoms with E-state index >= 15 is 0 Å². The number of amides is 1. The average molecular weight is 508 g/mol. The fourth-order valence-corrected chi connectivity index (χ4v) is 4.87. The fraction of sp³-hybridized carbons (Fsp3) is 0.233. The molecule has 3 aromatic carbocycles. The molecule has 1 saturated heterocycles. The molecular weight excluding hydrogens is 478 g/mol. The first-order valence-corrected chi connectivity index (χ1v) is 12.7. The zero-order valence-corrected chi connectivity index (χ0v) is 21.5. The highest BCUT2D eigenvalue weighted by Gasteiger charge is 2.25. The Kier molecular flexibility index (Phi) is 7.13. The van der Waals surface area contributed by atoms with E-state index in [1.54, 1.807) is 12.1 Å². The largest absolute Gasteiger partial charge is 0.353 e. The number of hydrogen-bond acceptors (Lipinski definition) is 6. The highest BCUT2D eigenvalue weighted by atomic mass is 16.6. The van der Waals surface area contributed by atoms with Gasteiger partial charge in [-0.25, -0.2) is 9.97 Å². The summed E-state index contributed by atoms with van der Waals surface area (Å²) in [6, 6.07) is 24.5. The standard InChI is InChI=1S/C30H29N5O3/c1-21-28(20-23-8-14-27(15-9-23)35(37)38)29(32-22(2)31-21)33-16-18-34(19-17-33)30(36)26-12-10-25(11-13-26)24-6-4-3-5-7-24/h3-15H,16-20H2,1-2H3. The molecule has 0 unspecified atom stereocenters. The molecule has 38 heavy (non-hydrogen) atoms. The van der Waals surface area contributed by atoms with Gasteiger partial charge in [0.2, 0.25) is 0 Å². The van der Waals surface area contributed by atoms with E-state index in [9.17, 15) is 14.9 Å². The van der Waals surface area contributed by atoms with Crippen LogP contribution in [0.5, 0.6) is 0 Å². The number of aromatic nitrogens is 2. The number of piperazine rings is 1. The van der Waals surface area contributed by atoms with Crippen molar-refractivity contribution in [2.75, 3.05) is 31.1 Å². The van der Waals surface area contributed by atoms with Gasteiger partial charge in [0.15, 0.2) is 0 Å². The SMILES string of the molecule is Cc1nc(C)c(Cc2ccc([N+](=O)[O-])cc2)c(N2CCN(C(=O)c3ccc(-c4ccccc4)cc3)CC2)n1. The fourth-order valence-electron chi connectivity index (χ4n) is 4.87. The van der Waals surface area contributed by atoms with Crippen molar-refractivity contribution in [3.63, 3.8) is 0 Å². The molecule has 0 aliphatic carbocycles. The molecule has 0 radical (unpaired) electrons. The highest BCUT2D eigenvalue weighted by molar-refractivity contribution is 5.95. The molecule has 1 aliphatic rings. The van der Waals surface area contributed by atoms with Crippen LogP contribution in [0.15, 0.2) is 78.9 Å². The lowest BCUT2D eigenvalue weighted by atomic mass is 10.0. The summed E-state index contributed by atoms with van der Waals surface area (Å²) in [5.74, 6) is 1.60. The zero-order valence-electron chi connectivity index (χ0n) is 21.5. The quantitative estimate of drug-likeness (QED) is 0.262. The van der Waals surface area contributed by atoms with E-state index in [1.165, 1.54) is 12.1 Å². The van der Waals surface area contributed by atoms with Gasteiger partial charge in [-0.2, -0.15) is 0 Å². The van der Waals surface area contributed by atoms with Gasteiger partial charge in [-0.05, 0) is 42.7 Å². The van der Waals surface area contributed by atoms with Crippen LogP contribution in [0.4, 0.5) is 11.5 Å². The molecule has 8 heteroatoms. The maximum Gasteiger partial charge on any atom is 0.269 e. The number of anilines is 1. The van der Waals surface area contributed by atoms with Crippen molar-refractivity contribution < 1.29 is 9.72 Å². The number of hydrogen-bond donors (Lipinski definition) is 0. The minimum absolute atomic E-state index is 0.0328. The Hall–Kier alpha value is -4.59. The van der Waals surface area contributed by atoms with Crippen LogP contribution in [-0.2, 0) is 6.42 Å². The topological polar surface area (TPSA) is 92.5 Å². The first kappa shape index (κ1) is 25.1. The normalized spacial score (nSPS) is 13.4. The molecule has 8 nitrogen and oxygen atoms in total. The van der Waals surface area contributed by atoms with Crippen molar-refractivity contribution >= 4 is 17.4 Å². The van der Waals surface area contributed by atoms with Gasteiger partial charge in [-0.3, -0.25) is 14.9 Å². The smallest absolute Gasteiger partial charge is 0.269 e. The number of non-ortho nitro benzene ring substituents is 1.